The van der Waals surface area contributed by atoms with Crippen molar-refractivity contribution in [2.45, 2.75) is 13.8 Å². The lowest BCUT2D eigenvalue weighted by Crippen LogP contribution is -2.55. The number of likely N-dealkylation sites (N-methyl/N-ethyl adjacent to an activating group) is 2. The Morgan fingerprint density at radius 2 is 1.71 bits per heavy atom. The number of hydrogen-bond donors (Lipinski definition) is 0. The van der Waals surface area contributed by atoms with E-state index < -0.39 is 11.8 Å². The van der Waals surface area contributed by atoms with Gasteiger partial charge >= 0.3 is 0 Å². The normalized spacial score (nSPS) is 16.0. The standard InChI is InChI=1S/C13H12Br2N2O3S/c1-3-16-11(18)8(12(19)17(4-2)13(16)21)5-7-6-9(14)10(15)20-7/h5-6H,3-4H2,1-2H3. The van der Waals surface area contributed by atoms with Crippen LogP contribution in [0.25, 0.3) is 6.08 Å². The lowest BCUT2D eigenvalue weighted by Gasteiger charge is -2.35. The molecule has 1 fully saturated rings. The molecular weight excluding hydrogens is 424 g/mol. The maximum Gasteiger partial charge on any atom is 0.265 e. The second-order valence-electron chi connectivity index (χ2n) is 4.21. The maximum atomic E-state index is 12.4. The Kier molecular flexibility index (Phi) is 5.00. The molecule has 0 unspecified atom stereocenters. The van der Waals surface area contributed by atoms with Gasteiger partial charge < -0.3 is 4.42 Å². The van der Waals surface area contributed by atoms with Gasteiger partial charge in [-0.25, -0.2) is 0 Å². The molecule has 0 aliphatic carbocycles. The van der Waals surface area contributed by atoms with Gasteiger partial charge in [0.15, 0.2) is 9.78 Å². The third-order valence-corrected chi connectivity index (χ3v) is 5.15. The summed E-state index contributed by atoms with van der Waals surface area (Å²) in [5, 5.41) is 0.244. The Balaban J connectivity index is 2.47. The molecule has 1 saturated heterocycles. The fourth-order valence-electron chi connectivity index (χ4n) is 1.96. The lowest BCUT2D eigenvalue weighted by atomic mass is 10.1. The van der Waals surface area contributed by atoms with E-state index in [9.17, 15) is 9.59 Å². The van der Waals surface area contributed by atoms with E-state index >= 15 is 0 Å². The second kappa shape index (κ2) is 6.41. The van der Waals surface area contributed by atoms with Gasteiger partial charge in [-0.15, -0.1) is 0 Å². The van der Waals surface area contributed by atoms with E-state index in [1.54, 1.807) is 6.07 Å². The summed E-state index contributed by atoms with van der Waals surface area (Å²) in [4.78, 5) is 27.6. The van der Waals surface area contributed by atoms with Gasteiger partial charge in [0.2, 0.25) is 0 Å². The van der Waals surface area contributed by atoms with Crippen LogP contribution in [0, 0.1) is 0 Å². The molecule has 0 spiro atoms. The Hall–Kier alpha value is -0.990. The summed E-state index contributed by atoms with van der Waals surface area (Å²) in [6.07, 6.45) is 1.44. The second-order valence-corrected chi connectivity index (χ2v) is 6.15. The molecule has 2 rings (SSSR count). The first-order valence-corrected chi connectivity index (χ1v) is 8.24. The molecule has 2 heterocycles. The quantitative estimate of drug-likeness (QED) is 0.415. The van der Waals surface area contributed by atoms with Crippen molar-refractivity contribution in [3.8, 4) is 0 Å². The zero-order valence-corrected chi connectivity index (χ0v) is 15.3. The van der Waals surface area contributed by atoms with Crippen LogP contribution in [0.5, 0.6) is 0 Å². The SMILES string of the molecule is CCN1C(=O)C(=Cc2cc(Br)c(Br)o2)C(=O)N(CC)C1=S. The fourth-order valence-corrected chi connectivity index (χ4v) is 2.99. The van der Waals surface area contributed by atoms with Crippen molar-refractivity contribution >= 4 is 67.1 Å². The van der Waals surface area contributed by atoms with E-state index in [-0.39, 0.29) is 10.7 Å². The monoisotopic (exact) mass is 434 g/mol. The number of halogens is 2. The molecular formula is C13H12Br2N2O3S. The van der Waals surface area contributed by atoms with E-state index in [0.717, 1.165) is 0 Å². The van der Waals surface area contributed by atoms with Crippen molar-refractivity contribution in [1.29, 1.82) is 0 Å². The summed E-state index contributed by atoms with van der Waals surface area (Å²) < 4.78 is 6.61. The first kappa shape index (κ1) is 16.4. The van der Waals surface area contributed by atoms with Crippen LogP contribution in [0.1, 0.15) is 19.6 Å². The molecule has 1 aliphatic rings. The predicted octanol–water partition coefficient (Wildman–Crippen LogP) is 3.18. The van der Waals surface area contributed by atoms with Crippen LogP contribution >= 0.6 is 44.1 Å². The van der Waals surface area contributed by atoms with Crippen molar-refractivity contribution in [3.63, 3.8) is 0 Å². The summed E-state index contributed by atoms with van der Waals surface area (Å²) in [7, 11) is 0. The van der Waals surface area contributed by atoms with Gasteiger partial charge in [0, 0.05) is 13.1 Å². The highest BCUT2D eigenvalue weighted by Crippen LogP contribution is 2.29. The molecule has 1 aromatic rings. The van der Waals surface area contributed by atoms with Gasteiger partial charge in [-0.1, -0.05) is 0 Å². The van der Waals surface area contributed by atoms with Crippen molar-refractivity contribution in [3.05, 3.63) is 26.5 Å². The van der Waals surface area contributed by atoms with Gasteiger partial charge in [-0.3, -0.25) is 19.4 Å². The highest BCUT2D eigenvalue weighted by atomic mass is 79.9. The van der Waals surface area contributed by atoms with E-state index in [2.05, 4.69) is 31.9 Å². The Labute approximate surface area is 144 Å². The molecule has 0 N–H and O–H groups in total. The maximum absolute atomic E-state index is 12.4. The largest absolute Gasteiger partial charge is 0.449 e. The number of carbonyl (C=O) groups excluding carboxylic acids is 2. The summed E-state index contributed by atoms with van der Waals surface area (Å²) in [6, 6.07) is 1.68. The van der Waals surface area contributed by atoms with E-state index in [0.29, 0.717) is 28.0 Å². The average Bonchev–Trinajstić information content (AvgIpc) is 2.75. The molecule has 0 aromatic carbocycles. The average molecular weight is 436 g/mol. The fraction of sp³-hybridized carbons (Fsp3) is 0.308. The number of carbonyl (C=O) groups is 2. The Morgan fingerprint density at radius 3 is 2.10 bits per heavy atom. The van der Waals surface area contributed by atoms with Gasteiger partial charge in [-0.05, 0) is 70.1 Å². The molecule has 5 nitrogen and oxygen atoms in total. The van der Waals surface area contributed by atoms with Gasteiger partial charge in [0.25, 0.3) is 11.8 Å². The summed E-state index contributed by atoms with van der Waals surface area (Å²) in [5.41, 5.74) is 0.0426. The molecule has 0 radical (unpaired) electrons. The summed E-state index contributed by atoms with van der Waals surface area (Å²) >= 11 is 11.7. The Bertz CT molecular complexity index is 606. The third-order valence-electron chi connectivity index (χ3n) is 3.00. The molecule has 1 aromatic heterocycles. The lowest BCUT2D eigenvalue weighted by molar-refractivity contribution is -0.133. The third kappa shape index (κ3) is 2.97. The van der Waals surface area contributed by atoms with Gasteiger partial charge in [0.05, 0.1) is 4.47 Å². The molecule has 0 saturated carbocycles. The summed E-state index contributed by atoms with van der Waals surface area (Å²) in [6.45, 7) is 4.44. The number of furan rings is 1. The van der Waals surface area contributed by atoms with Crippen LogP contribution in [0.4, 0.5) is 0 Å². The first-order valence-electron chi connectivity index (χ1n) is 6.24. The summed E-state index contributed by atoms with van der Waals surface area (Å²) in [5.74, 6) is -0.396. The van der Waals surface area contributed by atoms with E-state index in [1.807, 2.05) is 13.8 Å². The minimum atomic E-state index is -0.402. The topological polar surface area (TPSA) is 53.8 Å². The van der Waals surface area contributed by atoms with Crippen molar-refractivity contribution in [2.24, 2.45) is 0 Å². The smallest absolute Gasteiger partial charge is 0.265 e. The Morgan fingerprint density at radius 1 is 1.19 bits per heavy atom. The molecule has 21 heavy (non-hydrogen) atoms. The zero-order chi connectivity index (χ0) is 15.7. The minimum Gasteiger partial charge on any atom is -0.449 e. The van der Waals surface area contributed by atoms with Crippen LogP contribution in [0.15, 0.2) is 25.2 Å². The molecule has 1 aliphatic heterocycles. The van der Waals surface area contributed by atoms with Crippen LogP contribution in [0.2, 0.25) is 0 Å². The first-order chi connectivity index (χ1) is 9.90. The molecule has 0 atom stereocenters. The van der Waals surface area contributed by atoms with Gasteiger partial charge in [-0.2, -0.15) is 0 Å². The van der Waals surface area contributed by atoms with E-state index in [1.165, 1.54) is 15.9 Å². The number of rotatable bonds is 3. The van der Waals surface area contributed by atoms with Crippen LogP contribution in [-0.4, -0.2) is 39.8 Å². The van der Waals surface area contributed by atoms with E-state index in [4.69, 9.17) is 16.6 Å². The molecule has 0 bridgehead atoms. The number of nitrogens with zero attached hydrogens (tertiary/aromatic N) is 2. The van der Waals surface area contributed by atoms with Crippen LogP contribution < -0.4 is 0 Å². The highest BCUT2D eigenvalue weighted by molar-refractivity contribution is 9.13. The highest BCUT2D eigenvalue weighted by Gasteiger charge is 2.38. The predicted molar refractivity (Wildman–Crippen MR) is 89.5 cm³/mol. The number of thiocarbonyl (C=S) groups is 1. The van der Waals surface area contributed by atoms with Crippen LogP contribution in [0.3, 0.4) is 0 Å². The number of amides is 2. The number of hydrogen-bond acceptors (Lipinski definition) is 4. The minimum absolute atomic E-state index is 0.0426. The van der Waals surface area contributed by atoms with Gasteiger partial charge in [0.1, 0.15) is 11.3 Å². The van der Waals surface area contributed by atoms with Crippen molar-refractivity contribution in [1.82, 2.24) is 9.80 Å². The van der Waals surface area contributed by atoms with Crippen molar-refractivity contribution < 1.29 is 14.0 Å². The molecule has 8 heteroatoms. The van der Waals surface area contributed by atoms with Crippen molar-refractivity contribution in [2.75, 3.05) is 13.1 Å². The molecule has 112 valence electrons. The molecule has 2 amide bonds. The zero-order valence-electron chi connectivity index (χ0n) is 11.4. The van der Waals surface area contributed by atoms with Crippen LogP contribution in [-0.2, 0) is 9.59 Å².